The minimum absolute atomic E-state index is 0.0315. The molecule has 2 rings (SSSR count). The monoisotopic (exact) mass is 310 g/mol. The van der Waals surface area contributed by atoms with Crippen molar-refractivity contribution in [1.82, 2.24) is 5.32 Å². The first-order chi connectivity index (χ1) is 8.56. The Labute approximate surface area is 112 Å². The highest BCUT2D eigenvalue weighted by Gasteiger charge is 2.17. The summed E-state index contributed by atoms with van der Waals surface area (Å²) >= 11 is 3.16. The number of carbonyl (C=O) groups is 2. The molecule has 0 fully saturated rings. The van der Waals surface area contributed by atoms with Gasteiger partial charge in [-0.15, -0.1) is 0 Å². The number of fused-ring (bicyclic) bond motifs is 1. The second-order valence-electron chi connectivity index (χ2n) is 3.75. The first-order valence-electron chi connectivity index (χ1n) is 5.24. The number of rotatable bonds is 3. The summed E-state index contributed by atoms with van der Waals surface area (Å²) in [6.07, 6.45) is 0. The SMILES string of the molecule is C=C(Br)CNC(=O)c1ccc2c(c1)OCC(=O)N2. The van der Waals surface area contributed by atoms with E-state index in [2.05, 4.69) is 33.1 Å². The number of nitrogens with one attached hydrogen (secondary N) is 2. The van der Waals surface area contributed by atoms with Crippen molar-refractivity contribution in [2.45, 2.75) is 0 Å². The van der Waals surface area contributed by atoms with Gasteiger partial charge in [-0.1, -0.05) is 22.5 Å². The van der Waals surface area contributed by atoms with Crippen molar-refractivity contribution < 1.29 is 14.3 Å². The molecule has 0 saturated heterocycles. The van der Waals surface area contributed by atoms with Crippen molar-refractivity contribution in [3.8, 4) is 5.75 Å². The van der Waals surface area contributed by atoms with Crippen LogP contribution in [0.4, 0.5) is 5.69 Å². The average molecular weight is 311 g/mol. The van der Waals surface area contributed by atoms with Crippen LogP contribution in [0.1, 0.15) is 10.4 Å². The maximum Gasteiger partial charge on any atom is 0.262 e. The minimum atomic E-state index is -0.223. The van der Waals surface area contributed by atoms with Crippen LogP contribution in [0.15, 0.2) is 29.3 Å². The van der Waals surface area contributed by atoms with Crippen LogP contribution in [0.25, 0.3) is 0 Å². The molecule has 1 aliphatic heterocycles. The zero-order chi connectivity index (χ0) is 13.1. The van der Waals surface area contributed by atoms with Crippen molar-refractivity contribution in [2.75, 3.05) is 18.5 Å². The quantitative estimate of drug-likeness (QED) is 0.892. The van der Waals surface area contributed by atoms with E-state index in [4.69, 9.17) is 4.74 Å². The van der Waals surface area contributed by atoms with Crippen LogP contribution in [0.2, 0.25) is 0 Å². The Morgan fingerprint density at radius 2 is 2.33 bits per heavy atom. The fraction of sp³-hybridized carbons (Fsp3) is 0.167. The van der Waals surface area contributed by atoms with Crippen molar-refractivity contribution in [2.24, 2.45) is 0 Å². The summed E-state index contributed by atoms with van der Waals surface area (Å²) in [4.78, 5) is 22.9. The maximum atomic E-state index is 11.8. The normalized spacial score (nSPS) is 13.1. The van der Waals surface area contributed by atoms with Gasteiger partial charge in [-0.2, -0.15) is 0 Å². The number of halogens is 1. The highest BCUT2D eigenvalue weighted by atomic mass is 79.9. The standard InChI is InChI=1S/C12H11BrN2O3/c1-7(13)5-14-12(17)8-2-3-9-10(4-8)18-6-11(16)15-9/h2-4H,1,5-6H2,(H,14,17)(H,15,16). The summed E-state index contributed by atoms with van der Waals surface area (Å²) in [5.74, 6) is 0.0779. The number of benzene rings is 1. The fourth-order valence-corrected chi connectivity index (χ4v) is 1.63. The molecular weight excluding hydrogens is 300 g/mol. The van der Waals surface area contributed by atoms with Gasteiger partial charge in [0.2, 0.25) is 0 Å². The number of carbonyl (C=O) groups excluding carboxylic acids is 2. The van der Waals surface area contributed by atoms with E-state index < -0.39 is 0 Å². The van der Waals surface area contributed by atoms with E-state index in [1.165, 1.54) is 0 Å². The molecule has 6 heteroatoms. The first kappa shape index (κ1) is 12.6. The Morgan fingerprint density at radius 3 is 3.06 bits per heavy atom. The van der Waals surface area contributed by atoms with Gasteiger partial charge in [-0.05, 0) is 18.2 Å². The molecule has 2 amide bonds. The Bertz CT molecular complexity index is 528. The van der Waals surface area contributed by atoms with Gasteiger partial charge in [0, 0.05) is 16.6 Å². The van der Waals surface area contributed by atoms with Gasteiger partial charge in [0.05, 0.1) is 5.69 Å². The number of amides is 2. The minimum Gasteiger partial charge on any atom is -0.482 e. The second kappa shape index (κ2) is 5.22. The molecule has 1 aliphatic rings. The molecule has 18 heavy (non-hydrogen) atoms. The lowest BCUT2D eigenvalue weighted by molar-refractivity contribution is -0.118. The highest BCUT2D eigenvalue weighted by Crippen LogP contribution is 2.28. The number of anilines is 1. The van der Waals surface area contributed by atoms with Gasteiger partial charge in [-0.3, -0.25) is 9.59 Å². The van der Waals surface area contributed by atoms with Crippen LogP contribution in [0, 0.1) is 0 Å². The predicted molar refractivity (Wildman–Crippen MR) is 71.0 cm³/mol. The molecule has 94 valence electrons. The third-order valence-corrected chi connectivity index (χ3v) is 2.60. The van der Waals surface area contributed by atoms with E-state index >= 15 is 0 Å². The van der Waals surface area contributed by atoms with E-state index in [-0.39, 0.29) is 18.4 Å². The predicted octanol–water partition coefficient (Wildman–Crippen LogP) is 1.66. The molecule has 1 aromatic rings. The van der Waals surface area contributed by atoms with E-state index in [1.54, 1.807) is 18.2 Å². The van der Waals surface area contributed by atoms with E-state index in [0.29, 0.717) is 28.0 Å². The van der Waals surface area contributed by atoms with Crippen LogP contribution < -0.4 is 15.4 Å². The lowest BCUT2D eigenvalue weighted by Crippen LogP contribution is -2.27. The molecule has 0 bridgehead atoms. The van der Waals surface area contributed by atoms with E-state index in [9.17, 15) is 9.59 Å². The smallest absolute Gasteiger partial charge is 0.262 e. The molecule has 0 unspecified atom stereocenters. The Balaban J connectivity index is 2.13. The molecule has 0 saturated carbocycles. The Morgan fingerprint density at radius 1 is 1.56 bits per heavy atom. The molecule has 0 spiro atoms. The average Bonchev–Trinajstić information content (AvgIpc) is 2.35. The fourth-order valence-electron chi connectivity index (χ4n) is 1.49. The number of hydrogen-bond acceptors (Lipinski definition) is 3. The van der Waals surface area contributed by atoms with Gasteiger partial charge >= 0.3 is 0 Å². The summed E-state index contributed by atoms with van der Waals surface area (Å²) in [6, 6.07) is 4.87. The second-order valence-corrected chi connectivity index (χ2v) is 4.87. The third-order valence-electron chi connectivity index (χ3n) is 2.32. The third kappa shape index (κ3) is 2.89. The Hall–Kier alpha value is -1.82. The Kier molecular flexibility index (Phi) is 3.66. The summed E-state index contributed by atoms with van der Waals surface area (Å²) in [5, 5.41) is 5.34. The van der Waals surface area contributed by atoms with Crippen LogP contribution in [0.3, 0.4) is 0 Å². The van der Waals surface area contributed by atoms with Gasteiger partial charge in [-0.25, -0.2) is 0 Å². The van der Waals surface area contributed by atoms with Crippen LogP contribution in [-0.2, 0) is 4.79 Å². The van der Waals surface area contributed by atoms with Crippen LogP contribution >= 0.6 is 15.9 Å². The van der Waals surface area contributed by atoms with Crippen molar-refractivity contribution >= 4 is 33.4 Å². The van der Waals surface area contributed by atoms with Gasteiger partial charge in [0.1, 0.15) is 5.75 Å². The summed E-state index contributed by atoms with van der Waals surface area (Å²) in [5.41, 5.74) is 1.05. The molecule has 1 aromatic carbocycles. The lowest BCUT2D eigenvalue weighted by atomic mass is 10.1. The van der Waals surface area contributed by atoms with Crippen LogP contribution in [-0.4, -0.2) is 25.0 Å². The molecule has 0 atom stereocenters. The molecule has 1 heterocycles. The molecular formula is C12H11BrN2O3. The topological polar surface area (TPSA) is 67.4 Å². The van der Waals surface area contributed by atoms with E-state index in [1.807, 2.05) is 0 Å². The lowest BCUT2D eigenvalue weighted by Gasteiger charge is -2.18. The van der Waals surface area contributed by atoms with Crippen molar-refractivity contribution in [3.05, 3.63) is 34.8 Å². The maximum absolute atomic E-state index is 11.8. The van der Waals surface area contributed by atoms with Gasteiger partial charge in [0.15, 0.2) is 6.61 Å². The first-order valence-corrected chi connectivity index (χ1v) is 6.04. The van der Waals surface area contributed by atoms with Crippen molar-refractivity contribution in [3.63, 3.8) is 0 Å². The van der Waals surface area contributed by atoms with Crippen molar-refractivity contribution in [1.29, 1.82) is 0 Å². The number of ether oxygens (including phenoxy) is 1. The van der Waals surface area contributed by atoms with E-state index in [0.717, 1.165) is 0 Å². The summed E-state index contributed by atoms with van der Waals surface area (Å²) in [7, 11) is 0. The molecule has 2 N–H and O–H groups in total. The summed E-state index contributed by atoms with van der Waals surface area (Å²) in [6.45, 7) is 3.95. The number of hydrogen-bond donors (Lipinski definition) is 2. The zero-order valence-corrected chi connectivity index (χ0v) is 11.0. The summed E-state index contributed by atoms with van der Waals surface area (Å²) < 4.78 is 5.93. The molecule has 0 radical (unpaired) electrons. The zero-order valence-electron chi connectivity index (χ0n) is 9.46. The van der Waals surface area contributed by atoms with Gasteiger partial charge < -0.3 is 15.4 Å². The molecule has 5 nitrogen and oxygen atoms in total. The van der Waals surface area contributed by atoms with Gasteiger partial charge in [0.25, 0.3) is 11.8 Å². The van der Waals surface area contributed by atoms with Crippen LogP contribution in [0.5, 0.6) is 5.75 Å². The molecule has 0 aliphatic carbocycles. The highest BCUT2D eigenvalue weighted by molar-refractivity contribution is 9.11. The molecule has 0 aromatic heterocycles. The largest absolute Gasteiger partial charge is 0.482 e.